The molecule has 0 aromatic heterocycles. The van der Waals surface area contributed by atoms with E-state index in [0.29, 0.717) is 19.3 Å². The highest BCUT2D eigenvalue weighted by atomic mass is 16.6. The third kappa shape index (κ3) is 68.9. The summed E-state index contributed by atoms with van der Waals surface area (Å²) in [6.07, 6.45) is 50.1. The van der Waals surface area contributed by atoms with Crippen LogP contribution in [0, 0.1) is 0 Å². The standard InChI is InChI=1S/C31H54O6.C10H20.2C8H18/c1-4-7-10-13-15-18-20-23-29(32)35-26-28(37-31(34)25-22-17-12-9-6-3)27-36-30(33)24-21-19-16-14-11-8-5-2;1-3-5-7-9-10-8-6-4-2;2*1-3-5-7-8-6-4-2/h4-5,28H,1-2,6-27H2,3H3;3H,1,4-10H2,2H3;2*3-8H2,1-2H3. The van der Waals surface area contributed by atoms with Gasteiger partial charge in [0.05, 0.1) is 0 Å². The number of unbranched alkanes of at least 4 members (excludes halogenated alkanes) is 30. The molecule has 0 aromatic rings. The summed E-state index contributed by atoms with van der Waals surface area (Å²) in [6, 6.07) is 0. The molecule has 0 aliphatic heterocycles. The van der Waals surface area contributed by atoms with Gasteiger partial charge in [-0.3, -0.25) is 14.4 Å². The number of hydrogen-bond donors (Lipinski definition) is 0. The maximum absolute atomic E-state index is 12.3. The van der Waals surface area contributed by atoms with Gasteiger partial charge in [-0.1, -0.05) is 233 Å². The molecule has 0 radical (unpaired) electrons. The Morgan fingerprint density at radius 2 is 0.556 bits per heavy atom. The Labute approximate surface area is 394 Å². The van der Waals surface area contributed by atoms with E-state index in [-0.39, 0.29) is 31.1 Å². The molecule has 6 heteroatoms. The molecule has 0 aliphatic carbocycles. The predicted octanol–water partition coefficient (Wildman–Crippen LogP) is 18.8. The van der Waals surface area contributed by atoms with Crippen molar-refractivity contribution >= 4 is 17.9 Å². The minimum Gasteiger partial charge on any atom is -0.462 e. The van der Waals surface area contributed by atoms with E-state index in [1.807, 2.05) is 18.2 Å². The predicted molar refractivity (Wildman–Crippen MR) is 276 cm³/mol. The van der Waals surface area contributed by atoms with Gasteiger partial charge in [0, 0.05) is 19.3 Å². The molecule has 374 valence electrons. The molecule has 6 nitrogen and oxygen atoms in total. The van der Waals surface area contributed by atoms with E-state index < -0.39 is 6.10 Å². The highest BCUT2D eigenvalue weighted by molar-refractivity contribution is 5.71. The Balaban J connectivity index is -0.000000534. The topological polar surface area (TPSA) is 78.9 Å². The quantitative estimate of drug-likeness (QED) is 0.0262. The first kappa shape index (κ1) is 67.2. The Morgan fingerprint density at radius 3 is 0.810 bits per heavy atom. The zero-order chi connectivity index (χ0) is 47.5. The summed E-state index contributed by atoms with van der Waals surface area (Å²) in [7, 11) is 0. The fourth-order valence-electron chi connectivity index (χ4n) is 6.70. The normalized spacial score (nSPS) is 10.3. The summed E-state index contributed by atoms with van der Waals surface area (Å²) in [4.78, 5) is 36.6. The highest BCUT2D eigenvalue weighted by Gasteiger charge is 2.19. The van der Waals surface area contributed by atoms with Gasteiger partial charge in [-0.2, -0.15) is 0 Å². The van der Waals surface area contributed by atoms with Crippen LogP contribution < -0.4 is 0 Å². The molecule has 0 atom stereocenters. The smallest absolute Gasteiger partial charge is 0.306 e. The lowest BCUT2D eigenvalue weighted by molar-refractivity contribution is -0.167. The third-order valence-electron chi connectivity index (χ3n) is 10.9. The van der Waals surface area contributed by atoms with Gasteiger partial charge in [-0.05, 0) is 57.8 Å². The Hall–Kier alpha value is -2.37. The van der Waals surface area contributed by atoms with Crippen LogP contribution in [-0.4, -0.2) is 37.2 Å². The molecule has 0 amide bonds. The molecule has 0 heterocycles. The van der Waals surface area contributed by atoms with Crippen LogP contribution >= 0.6 is 0 Å². The molecule has 0 spiro atoms. The fraction of sp³-hybridized carbons (Fsp3) is 0.842. The van der Waals surface area contributed by atoms with Crippen LogP contribution in [0.25, 0.3) is 0 Å². The van der Waals surface area contributed by atoms with E-state index in [1.54, 1.807) is 0 Å². The molecule has 0 saturated heterocycles. The SMILES string of the molecule is C=CCCCCCCCC.C=CCCCCCCCC(=O)OCC(COC(=O)CCCCCCCC=C)OC(=O)CCCCCCC.CCCCCCCC.CCCCCCCC. The van der Waals surface area contributed by atoms with Gasteiger partial charge in [0.2, 0.25) is 0 Å². The van der Waals surface area contributed by atoms with Crippen LogP contribution in [0.4, 0.5) is 0 Å². The van der Waals surface area contributed by atoms with Gasteiger partial charge in [-0.15, -0.1) is 19.7 Å². The van der Waals surface area contributed by atoms with Crippen molar-refractivity contribution in [3.05, 3.63) is 38.0 Å². The van der Waals surface area contributed by atoms with E-state index in [4.69, 9.17) is 14.2 Å². The van der Waals surface area contributed by atoms with Gasteiger partial charge in [0.1, 0.15) is 13.2 Å². The van der Waals surface area contributed by atoms with Gasteiger partial charge >= 0.3 is 17.9 Å². The molecule has 0 rings (SSSR count). The minimum atomic E-state index is -0.770. The zero-order valence-electron chi connectivity index (χ0n) is 43.4. The van der Waals surface area contributed by atoms with Crippen LogP contribution in [0.3, 0.4) is 0 Å². The Morgan fingerprint density at radius 1 is 0.333 bits per heavy atom. The molecular weight excluding hydrogens is 781 g/mol. The van der Waals surface area contributed by atoms with Crippen LogP contribution in [0.1, 0.15) is 292 Å². The molecule has 0 aliphatic rings. The van der Waals surface area contributed by atoms with Crippen molar-refractivity contribution in [2.24, 2.45) is 0 Å². The van der Waals surface area contributed by atoms with Crippen LogP contribution in [0.5, 0.6) is 0 Å². The summed E-state index contributed by atoms with van der Waals surface area (Å²) in [6.45, 7) is 24.4. The van der Waals surface area contributed by atoms with Gasteiger partial charge in [0.25, 0.3) is 0 Å². The number of ether oxygens (including phenoxy) is 3. The second-order valence-corrected chi connectivity index (χ2v) is 17.5. The maximum atomic E-state index is 12.3. The number of hydrogen-bond acceptors (Lipinski definition) is 6. The lowest BCUT2D eigenvalue weighted by atomic mass is 10.1. The van der Waals surface area contributed by atoms with Crippen LogP contribution in [0.15, 0.2) is 38.0 Å². The van der Waals surface area contributed by atoms with Crippen molar-refractivity contribution in [2.75, 3.05) is 13.2 Å². The second kappa shape index (κ2) is 63.9. The first-order valence-electron chi connectivity index (χ1n) is 27.1. The Kier molecular flexibility index (Phi) is 68.2. The number of carbonyl (C=O) groups excluding carboxylic acids is 3. The summed E-state index contributed by atoms with van der Waals surface area (Å²) in [5.74, 6) is -0.961. The van der Waals surface area contributed by atoms with Crippen molar-refractivity contribution in [3.63, 3.8) is 0 Å². The molecule has 0 saturated carbocycles. The second-order valence-electron chi connectivity index (χ2n) is 17.5. The number of rotatable bonds is 44. The van der Waals surface area contributed by atoms with E-state index in [9.17, 15) is 14.4 Å². The largest absolute Gasteiger partial charge is 0.462 e. The average Bonchev–Trinajstić information content (AvgIpc) is 3.28. The van der Waals surface area contributed by atoms with Gasteiger partial charge in [-0.25, -0.2) is 0 Å². The van der Waals surface area contributed by atoms with Gasteiger partial charge < -0.3 is 14.2 Å². The fourth-order valence-corrected chi connectivity index (χ4v) is 6.70. The first-order valence-corrected chi connectivity index (χ1v) is 27.1. The third-order valence-corrected chi connectivity index (χ3v) is 10.9. The summed E-state index contributed by atoms with van der Waals surface area (Å²) >= 11 is 0. The van der Waals surface area contributed by atoms with Gasteiger partial charge in [0.15, 0.2) is 6.10 Å². The lowest BCUT2D eigenvalue weighted by Gasteiger charge is -2.18. The van der Waals surface area contributed by atoms with E-state index >= 15 is 0 Å². The Bertz CT molecular complexity index is 868. The molecule has 0 N–H and O–H groups in total. The van der Waals surface area contributed by atoms with Crippen molar-refractivity contribution in [3.8, 4) is 0 Å². The molecule has 0 unspecified atom stereocenters. The van der Waals surface area contributed by atoms with E-state index in [0.717, 1.165) is 109 Å². The maximum Gasteiger partial charge on any atom is 0.306 e. The summed E-state index contributed by atoms with van der Waals surface area (Å²) in [5.41, 5.74) is 0. The monoisotopic (exact) mass is 891 g/mol. The van der Waals surface area contributed by atoms with E-state index in [1.165, 1.54) is 122 Å². The lowest BCUT2D eigenvalue weighted by Crippen LogP contribution is -2.30. The van der Waals surface area contributed by atoms with E-state index in [2.05, 4.69) is 61.3 Å². The molecular formula is C57H110O6. The van der Waals surface area contributed by atoms with Crippen molar-refractivity contribution < 1.29 is 28.6 Å². The zero-order valence-corrected chi connectivity index (χ0v) is 43.4. The minimum absolute atomic E-state index is 0.0870. The summed E-state index contributed by atoms with van der Waals surface area (Å²) in [5, 5.41) is 0. The molecule has 0 bridgehead atoms. The van der Waals surface area contributed by atoms with Crippen LogP contribution in [0.2, 0.25) is 0 Å². The van der Waals surface area contributed by atoms with Crippen molar-refractivity contribution in [1.29, 1.82) is 0 Å². The number of esters is 3. The molecule has 0 fully saturated rings. The van der Waals surface area contributed by atoms with Crippen molar-refractivity contribution in [2.45, 2.75) is 298 Å². The molecule has 63 heavy (non-hydrogen) atoms. The molecule has 0 aromatic carbocycles. The van der Waals surface area contributed by atoms with Crippen LogP contribution in [-0.2, 0) is 28.6 Å². The first-order chi connectivity index (χ1) is 30.8. The highest BCUT2D eigenvalue weighted by Crippen LogP contribution is 2.12. The van der Waals surface area contributed by atoms with Crippen molar-refractivity contribution in [1.82, 2.24) is 0 Å². The number of carbonyl (C=O) groups is 3. The average molecular weight is 892 g/mol. The number of allylic oxidation sites excluding steroid dienone is 3. The summed E-state index contributed by atoms with van der Waals surface area (Å²) < 4.78 is 16.2.